The number of amides is 1. The summed E-state index contributed by atoms with van der Waals surface area (Å²) in [5.74, 6) is 0.0678. The maximum Gasteiger partial charge on any atom is 0.407 e. The first-order valence-electron chi connectivity index (χ1n) is 11.9. The van der Waals surface area contributed by atoms with Gasteiger partial charge in [-0.2, -0.15) is 5.26 Å². The van der Waals surface area contributed by atoms with Gasteiger partial charge in [0.05, 0.1) is 37.3 Å². The molecule has 3 N–H and O–H groups in total. The summed E-state index contributed by atoms with van der Waals surface area (Å²) in [5.41, 5.74) is 1.03. The van der Waals surface area contributed by atoms with E-state index in [2.05, 4.69) is 30.6 Å². The Morgan fingerprint density at radius 2 is 2.12 bits per heavy atom. The van der Waals surface area contributed by atoms with Gasteiger partial charge >= 0.3 is 6.09 Å². The first-order valence-corrected chi connectivity index (χ1v) is 11.9. The summed E-state index contributed by atoms with van der Waals surface area (Å²) in [4.78, 5) is 12.7. The summed E-state index contributed by atoms with van der Waals surface area (Å²) >= 11 is 0. The standard InChI is InChI=1S/C25H37N3O5/c1-25(2,11-6-7-12-26)17-27-15-21(29)20(14-18-8-4-3-5-9-18)28-24(30)33-22-16-32-23-19(22)10-13-31-23/h3-5,8-9,19-23,27,29H,6-7,10-11,13-17H2,1-2H3,(H,28,30)/t19?,20-,21+,22-,23?/m0/s1. The van der Waals surface area contributed by atoms with Crippen LogP contribution < -0.4 is 10.6 Å². The highest BCUT2D eigenvalue weighted by atomic mass is 16.7. The molecule has 1 aromatic rings. The fourth-order valence-electron chi connectivity index (χ4n) is 4.46. The molecule has 1 amide bonds. The van der Waals surface area contributed by atoms with Crippen LogP contribution in [0.25, 0.3) is 0 Å². The minimum atomic E-state index is -0.796. The molecule has 0 spiro atoms. The van der Waals surface area contributed by atoms with Crippen molar-refractivity contribution in [3.63, 3.8) is 0 Å². The fraction of sp³-hybridized carbons (Fsp3) is 0.680. The first kappa shape index (κ1) is 25.4. The molecule has 2 aliphatic heterocycles. The van der Waals surface area contributed by atoms with Gasteiger partial charge in [-0.25, -0.2) is 4.79 Å². The molecule has 2 aliphatic rings. The molecule has 0 aliphatic carbocycles. The zero-order valence-electron chi connectivity index (χ0n) is 19.7. The second-order valence-corrected chi connectivity index (χ2v) is 9.78. The Balaban J connectivity index is 1.53. The van der Waals surface area contributed by atoms with Crippen molar-refractivity contribution in [3.05, 3.63) is 35.9 Å². The molecule has 182 valence electrons. The molecule has 3 rings (SSSR count). The normalized spacial score (nSPS) is 24.0. The number of aliphatic hydroxyl groups is 1. The van der Waals surface area contributed by atoms with Gasteiger partial charge in [0.1, 0.15) is 6.10 Å². The Kier molecular flexibility index (Phi) is 9.51. The van der Waals surface area contributed by atoms with Gasteiger partial charge in [0, 0.05) is 19.5 Å². The molecule has 0 bridgehead atoms. The van der Waals surface area contributed by atoms with E-state index in [1.165, 1.54) is 0 Å². The number of aliphatic hydroxyl groups excluding tert-OH is 1. The summed E-state index contributed by atoms with van der Waals surface area (Å²) in [6.07, 6.45) is 1.67. The molecule has 33 heavy (non-hydrogen) atoms. The van der Waals surface area contributed by atoms with Crippen LogP contribution >= 0.6 is 0 Å². The van der Waals surface area contributed by atoms with Crippen LogP contribution in [-0.2, 0) is 20.6 Å². The lowest BCUT2D eigenvalue weighted by molar-refractivity contribution is -0.0907. The van der Waals surface area contributed by atoms with Crippen molar-refractivity contribution < 1.29 is 24.1 Å². The Bertz CT molecular complexity index is 782. The molecule has 2 unspecified atom stereocenters. The number of alkyl carbamates (subject to hydrolysis) is 1. The minimum absolute atomic E-state index is 0.0141. The Labute approximate surface area is 196 Å². The molecule has 0 saturated carbocycles. The van der Waals surface area contributed by atoms with Gasteiger partial charge in [-0.05, 0) is 36.7 Å². The van der Waals surface area contributed by atoms with Crippen molar-refractivity contribution in [1.29, 1.82) is 5.26 Å². The molecule has 0 aromatic heterocycles. The fourth-order valence-corrected chi connectivity index (χ4v) is 4.46. The average molecular weight is 460 g/mol. The topological polar surface area (TPSA) is 113 Å². The number of nitrogens with zero attached hydrogens (tertiary/aromatic N) is 1. The van der Waals surface area contributed by atoms with E-state index < -0.39 is 18.2 Å². The van der Waals surface area contributed by atoms with Crippen molar-refractivity contribution in [2.45, 2.75) is 70.5 Å². The van der Waals surface area contributed by atoms with E-state index in [9.17, 15) is 9.90 Å². The lowest BCUT2D eigenvalue weighted by Gasteiger charge is -2.28. The summed E-state index contributed by atoms with van der Waals surface area (Å²) in [5, 5.41) is 25.9. The predicted molar refractivity (Wildman–Crippen MR) is 123 cm³/mol. The zero-order chi connectivity index (χ0) is 23.7. The third-order valence-electron chi connectivity index (χ3n) is 6.41. The third-order valence-corrected chi connectivity index (χ3v) is 6.41. The van der Waals surface area contributed by atoms with Gasteiger partial charge in [0.15, 0.2) is 6.29 Å². The lowest BCUT2D eigenvalue weighted by atomic mass is 9.87. The SMILES string of the molecule is CC(C)(CCCC#N)CNC[C@@H](O)[C@H](Cc1ccccc1)NC(=O)O[C@H]1COC2OCCC21. The molecule has 0 radical (unpaired) electrons. The Morgan fingerprint density at radius 1 is 1.33 bits per heavy atom. The smallest absolute Gasteiger partial charge is 0.407 e. The number of nitriles is 1. The predicted octanol–water partition coefficient (Wildman–Crippen LogP) is 2.76. The Morgan fingerprint density at radius 3 is 2.88 bits per heavy atom. The van der Waals surface area contributed by atoms with E-state index in [-0.39, 0.29) is 23.7 Å². The number of hydrogen-bond acceptors (Lipinski definition) is 7. The number of hydrogen-bond donors (Lipinski definition) is 3. The van der Waals surface area contributed by atoms with Crippen molar-refractivity contribution in [2.24, 2.45) is 11.3 Å². The largest absolute Gasteiger partial charge is 0.443 e. The van der Waals surface area contributed by atoms with Crippen molar-refractivity contribution >= 4 is 6.09 Å². The zero-order valence-corrected chi connectivity index (χ0v) is 19.7. The van der Waals surface area contributed by atoms with Gasteiger partial charge in [-0.15, -0.1) is 0 Å². The molecule has 8 heteroatoms. The van der Waals surface area contributed by atoms with Gasteiger partial charge in [-0.3, -0.25) is 0 Å². The quantitative estimate of drug-likeness (QED) is 0.412. The molecule has 8 nitrogen and oxygen atoms in total. The van der Waals surface area contributed by atoms with E-state index in [1.54, 1.807) is 0 Å². The molecule has 1 aromatic carbocycles. The molecule has 5 atom stereocenters. The summed E-state index contributed by atoms with van der Waals surface area (Å²) < 4.78 is 16.7. The monoisotopic (exact) mass is 459 g/mol. The van der Waals surface area contributed by atoms with Crippen LogP contribution in [0.1, 0.15) is 45.1 Å². The number of rotatable bonds is 12. The minimum Gasteiger partial charge on any atom is -0.443 e. The summed E-state index contributed by atoms with van der Waals surface area (Å²) in [6.45, 7) is 6.28. The van der Waals surface area contributed by atoms with E-state index in [0.29, 0.717) is 39.1 Å². The summed E-state index contributed by atoms with van der Waals surface area (Å²) in [6, 6.07) is 11.4. The lowest BCUT2D eigenvalue weighted by Crippen LogP contribution is -2.50. The van der Waals surface area contributed by atoms with Crippen molar-refractivity contribution in [1.82, 2.24) is 10.6 Å². The van der Waals surface area contributed by atoms with E-state index in [4.69, 9.17) is 19.5 Å². The molecular formula is C25H37N3O5. The highest BCUT2D eigenvalue weighted by Crippen LogP contribution is 2.33. The number of unbranched alkanes of at least 4 members (excludes halogenated alkanes) is 1. The molecule has 2 heterocycles. The Hall–Kier alpha value is -2.18. The highest BCUT2D eigenvalue weighted by molar-refractivity contribution is 5.68. The van der Waals surface area contributed by atoms with Crippen LogP contribution in [0.5, 0.6) is 0 Å². The van der Waals surface area contributed by atoms with Crippen LogP contribution in [0.2, 0.25) is 0 Å². The third kappa shape index (κ3) is 7.97. The van der Waals surface area contributed by atoms with Crippen LogP contribution in [0, 0.1) is 22.7 Å². The van der Waals surface area contributed by atoms with Crippen LogP contribution in [-0.4, -0.2) is 62.0 Å². The molecule has 2 saturated heterocycles. The maximum absolute atomic E-state index is 12.7. The van der Waals surface area contributed by atoms with Crippen LogP contribution in [0.15, 0.2) is 30.3 Å². The second-order valence-electron chi connectivity index (χ2n) is 9.78. The first-order chi connectivity index (χ1) is 15.9. The molecular weight excluding hydrogens is 422 g/mol. The van der Waals surface area contributed by atoms with Crippen LogP contribution in [0.4, 0.5) is 4.79 Å². The number of fused-ring (bicyclic) bond motifs is 1. The number of carbonyl (C=O) groups excluding carboxylic acids is 1. The highest BCUT2D eigenvalue weighted by Gasteiger charge is 2.44. The van der Waals surface area contributed by atoms with Gasteiger partial charge < -0.3 is 30.0 Å². The van der Waals surface area contributed by atoms with Crippen molar-refractivity contribution in [2.75, 3.05) is 26.3 Å². The summed E-state index contributed by atoms with van der Waals surface area (Å²) in [7, 11) is 0. The average Bonchev–Trinajstić information content (AvgIpc) is 3.39. The second kappa shape index (κ2) is 12.3. The van der Waals surface area contributed by atoms with Crippen molar-refractivity contribution in [3.8, 4) is 6.07 Å². The van der Waals surface area contributed by atoms with E-state index in [0.717, 1.165) is 24.8 Å². The number of ether oxygens (including phenoxy) is 3. The number of benzene rings is 1. The van der Waals surface area contributed by atoms with Gasteiger partial charge in [0.25, 0.3) is 0 Å². The van der Waals surface area contributed by atoms with Gasteiger partial charge in [-0.1, -0.05) is 44.2 Å². The van der Waals surface area contributed by atoms with E-state index in [1.807, 2.05) is 30.3 Å². The van der Waals surface area contributed by atoms with E-state index >= 15 is 0 Å². The van der Waals surface area contributed by atoms with Crippen LogP contribution in [0.3, 0.4) is 0 Å². The number of nitrogens with one attached hydrogen (secondary N) is 2. The van der Waals surface area contributed by atoms with Gasteiger partial charge in [0.2, 0.25) is 0 Å². The maximum atomic E-state index is 12.7. The number of carbonyl (C=O) groups is 1. The molecule has 2 fully saturated rings.